The molecule has 0 aliphatic carbocycles. The zero-order valence-electron chi connectivity index (χ0n) is 11.6. The van der Waals surface area contributed by atoms with Crippen LogP contribution in [-0.4, -0.2) is 28.3 Å². The Bertz CT molecular complexity index is 877. The standard InChI is InChI=1S/C15H15N3O2S/c1-20-8-7-18-14(19)13-12(17-15(18)21)11(9-16-13)10-5-3-2-4-6-10/h2-6,9,16H,7-8H2,1H3,(H,17,21). The number of fused-ring (bicyclic) bond motifs is 1. The molecule has 0 amide bonds. The summed E-state index contributed by atoms with van der Waals surface area (Å²) in [6.07, 6.45) is 1.83. The van der Waals surface area contributed by atoms with Crippen LogP contribution in [0, 0.1) is 4.77 Å². The molecule has 5 nitrogen and oxygen atoms in total. The first-order valence-corrected chi connectivity index (χ1v) is 7.01. The Labute approximate surface area is 126 Å². The van der Waals surface area contributed by atoms with E-state index in [2.05, 4.69) is 9.97 Å². The minimum atomic E-state index is -0.131. The molecule has 6 heteroatoms. The number of hydrogen-bond acceptors (Lipinski definition) is 3. The van der Waals surface area contributed by atoms with Crippen molar-refractivity contribution in [3.63, 3.8) is 0 Å². The first kappa shape index (κ1) is 13.8. The predicted octanol–water partition coefficient (Wildman–Crippen LogP) is 2.70. The summed E-state index contributed by atoms with van der Waals surface area (Å²) >= 11 is 5.29. The number of nitrogens with one attached hydrogen (secondary N) is 2. The Morgan fingerprint density at radius 1 is 1.24 bits per heavy atom. The number of rotatable bonds is 4. The molecule has 2 aromatic heterocycles. The van der Waals surface area contributed by atoms with Gasteiger partial charge in [0.05, 0.1) is 18.7 Å². The van der Waals surface area contributed by atoms with Crippen molar-refractivity contribution in [2.75, 3.05) is 13.7 Å². The number of benzene rings is 1. The van der Waals surface area contributed by atoms with Gasteiger partial charge >= 0.3 is 0 Å². The summed E-state index contributed by atoms with van der Waals surface area (Å²) in [6, 6.07) is 9.87. The van der Waals surface area contributed by atoms with Crippen molar-refractivity contribution in [3.05, 3.63) is 51.7 Å². The van der Waals surface area contributed by atoms with Crippen LogP contribution in [0.2, 0.25) is 0 Å². The molecule has 3 rings (SSSR count). The van der Waals surface area contributed by atoms with Crippen molar-refractivity contribution in [1.29, 1.82) is 0 Å². The van der Waals surface area contributed by atoms with Crippen LogP contribution in [0.5, 0.6) is 0 Å². The fourth-order valence-electron chi connectivity index (χ4n) is 2.35. The molecule has 0 unspecified atom stereocenters. The van der Waals surface area contributed by atoms with Gasteiger partial charge in [-0.05, 0) is 17.8 Å². The van der Waals surface area contributed by atoms with Crippen LogP contribution < -0.4 is 5.56 Å². The average molecular weight is 301 g/mol. The molecule has 108 valence electrons. The normalized spacial score (nSPS) is 11.1. The van der Waals surface area contributed by atoms with E-state index in [4.69, 9.17) is 17.0 Å². The van der Waals surface area contributed by atoms with E-state index in [9.17, 15) is 4.79 Å². The lowest BCUT2D eigenvalue weighted by Crippen LogP contribution is -2.24. The number of aromatic nitrogens is 3. The monoisotopic (exact) mass is 301 g/mol. The molecule has 3 aromatic rings. The van der Waals surface area contributed by atoms with E-state index in [0.29, 0.717) is 23.4 Å². The van der Waals surface area contributed by atoms with Gasteiger partial charge in [0.25, 0.3) is 5.56 Å². The lowest BCUT2D eigenvalue weighted by Gasteiger charge is -2.06. The third-order valence-corrected chi connectivity index (χ3v) is 3.74. The number of hydrogen-bond donors (Lipinski definition) is 2. The lowest BCUT2D eigenvalue weighted by atomic mass is 10.1. The summed E-state index contributed by atoms with van der Waals surface area (Å²) in [5.41, 5.74) is 3.10. The van der Waals surface area contributed by atoms with Gasteiger partial charge in [-0.25, -0.2) is 0 Å². The number of methoxy groups -OCH3 is 1. The van der Waals surface area contributed by atoms with E-state index in [-0.39, 0.29) is 5.56 Å². The summed E-state index contributed by atoms with van der Waals surface area (Å²) in [5, 5.41) is 0. The molecular weight excluding hydrogens is 286 g/mol. The maximum Gasteiger partial charge on any atom is 0.278 e. The Morgan fingerprint density at radius 3 is 2.71 bits per heavy atom. The lowest BCUT2D eigenvalue weighted by molar-refractivity contribution is 0.185. The molecule has 2 N–H and O–H groups in total. The molecule has 0 saturated heterocycles. The molecule has 0 fully saturated rings. The maximum atomic E-state index is 12.5. The molecule has 0 atom stereocenters. The number of ether oxygens (including phenoxy) is 1. The van der Waals surface area contributed by atoms with E-state index in [1.807, 2.05) is 36.5 Å². The summed E-state index contributed by atoms with van der Waals surface area (Å²) in [5.74, 6) is 0. The zero-order valence-corrected chi connectivity index (χ0v) is 12.4. The summed E-state index contributed by atoms with van der Waals surface area (Å²) in [7, 11) is 1.60. The van der Waals surface area contributed by atoms with Gasteiger partial charge < -0.3 is 14.7 Å². The highest BCUT2D eigenvalue weighted by Crippen LogP contribution is 2.25. The third kappa shape index (κ3) is 2.43. The second-order valence-electron chi connectivity index (χ2n) is 4.70. The molecule has 1 aromatic carbocycles. The minimum Gasteiger partial charge on any atom is -0.383 e. The van der Waals surface area contributed by atoms with Crippen molar-refractivity contribution < 1.29 is 4.74 Å². The number of aromatic amines is 2. The van der Waals surface area contributed by atoms with Gasteiger partial charge in [0.15, 0.2) is 4.77 Å². The largest absolute Gasteiger partial charge is 0.383 e. The molecule has 0 bridgehead atoms. The molecule has 0 saturated carbocycles. The molecule has 21 heavy (non-hydrogen) atoms. The van der Waals surface area contributed by atoms with Crippen molar-refractivity contribution in [3.8, 4) is 11.1 Å². The first-order chi connectivity index (χ1) is 10.2. The maximum absolute atomic E-state index is 12.5. The second kappa shape index (κ2) is 5.67. The summed E-state index contributed by atoms with van der Waals surface area (Å²) < 4.78 is 6.92. The highest BCUT2D eigenvalue weighted by Gasteiger charge is 2.12. The van der Waals surface area contributed by atoms with Gasteiger partial charge in [0.2, 0.25) is 0 Å². The molecular formula is C15H15N3O2S. The Morgan fingerprint density at radius 2 is 2.00 bits per heavy atom. The smallest absolute Gasteiger partial charge is 0.278 e. The van der Waals surface area contributed by atoms with Crippen LogP contribution in [0.3, 0.4) is 0 Å². The Balaban J connectivity index is 2.21. The molecule has 0 aliphatic rings. The van der Waals surface area contributed by atoms with Crippen LogP contribution in [0.1, 0.15) is 0 Å². The predicted molar refractivity (Wildman–Crippen MR) is 85.1 cm³/mol. The van der Waals surface area contributed by atoms with Crippen LogP contribution in [0.25, 0.3) is 22.2 Å². The molecule has 2 heterocycles. The second-order valence-corrected chi connectivity index (χ2v) is 5.08. The topological polar surface area (TPSA) is 62.8 Å². The SMILES string of the molecule is COCCn1c(=S)[nH]c2c(-c3ccccc3)c[nH]c2c1=O. The minimum absolute atomic E-state index is 0.131. The highest BCUT2D eigenvalue weighted by atomic mass is 32.1. The van der Waals surface area contributed by atoms with Crippen LogP contribution in [0.4, 0.5) is 0 Å². The summed E-state index contributed by atoms with van der Waals surface area (Å²) in [6.45, 7) is 0.870. The Kier molecular flexibility index (Phi) is 3.72. The first-order valence-electron chi connectivity index (χ1n) is 6.61. The highest BCUT2D eigenvalue weighted by molar-refractivity contribution is 7.71. The van der Waals surface area contributed by atoms with E-state index < -0.39 is 0 Å². The van der Waals surface area contributed by atoms with E-state index in [0.717, 1.165) is 16.6 Å². The van der Waals surface area contributed by atoms with Crippen LogP contribution >= 0.6 is 12.2 Å². The number of H-pyrrole nitrogens is 2. The van der Waals surface area contributed by atoms with Crippen molar-refractivity contribution in [1.82, 2.24) is 14.5 Å². The molecule has 0 spiro atoms. The van der Waals surface area contributed by atoms with Gasteiger partial charge in [-0.2, -0.15) is 0 Å². The fourth-order valence-corrected chi connectivity index (χ4v) is 2.63. The van der Waals surface area contributed by atoms with Gasteiger partial charge in [0, 0.05) is 18.9 Å². The van der Waals surface area contributed by atoms with Gasteiger partial charge in [0.1, 0.15) is 5.52 Å². The quantitative estimate of drug-likeness (QED) is 0.728. The van der Waals surface area contributed by atoms with E-state index in [1.165, 1.54) is 4.57 Å². The molecule has 0 aliphatic heterocycles. The van der Waals surface area contributed by atoms with Gasteiger partial charge in [-0.15, -0.1) is 0 Å². The van der Waals surface area contributed by atoms with Gasteiger partial charge in [-0.1, -0.05) is 30.3 Å². The van der Waals surface area contributed by atoms with E-state index in [1.54, 1.807) is 7.11 Å². The zero-order chi connectivity index (χ0) is 14.8. The Hall–Kier alpha value is -2.18. The molecule has 0 radical (unpaired) electrons. The van der Waals surface area contributed by atoms with Crippen LogP contribution in [-0.2, 0) is 11.3 Å². The van der Waals surface area contributed by atoms with Crippen molar-refractivity contribution in [2.24, 2.45) is 0 Å². The third-order valence-electron chi connectivity index (χ3n) is 3.42. The van der Waals surface area contributed by atoms with Crippen molar-refractivity contribution >= 4 is 23.3 Å². The fraction of sp³-hybridized carbons (Fsp3) is 0.200. The number of nitrogens with zero attached hydrogens (tertiary/aromatic N) is 1. The van der Waals surface area contributed by atoms with E-state index >= 15 is 0 Å². The van der Waals surface area contributed by atoms with Crippen LogP contribution in [0.15, 0.2) is 41.3 Å². The van der Waals surface area contributed by atoms with Crippen molar-refractivity contribution in [2.45, 2.75) is 6.54 Å². The summed E-state index contributed by atoms with van der Waals surface area (Å²) in [4.78, 5) is 18.7. The van der Waals surface area contributed by atoms with Gasteiger partial charge in [-0.3, -0.25) is 9.36 Å². The average Bonchev–Trinajstić information content (AvgIpc) is 2.92.